The van der Waals surface area contributed by atoms with Crippen molar-refractivity contribution < 1.29 is 19.4 Å². The zero-order valence-electron chi connectivity index (χ0n) is 12.4. The van der Waals surface area contributed by atoms with Gasteiger partial charge in [0, 0.05) is 10.3 Å². The van der Waals surface area contributed by atoms with Gasteiger partial charge in [0.1, 0.15) is 10.8 Å². The van der Waals surface area contributed by atoms with Crippen LogP contribution in [0.2, 0.25) is 0 Å². The number of aromatic nitrogens is 1. The number of ether oxygens (including phenoxy) is 1. The summed E-state index contributed by atoms with van der Waals surface area (Å²) in [5.41, 5.74) is 0.00279. The summed E-state index contributed by atoms with van der Waals surface area (Å²) in [5, 5.41) is 13.5. The number of nitrogens with one attached hydrogen (secondary N) is 1. The molecule has 122 valence electrons. The third-order valence-electron chi connectivity index (χ3n) is 2.71. The molecular formula is C15H16N2O4S2. The fourth-order valence-corrected chi connectivity index (χ4v) is 3.10. The summed E-state index contributed by atoms with van der Waals surface area (Å²) in [6.45, 7) is 2.78. The van der Waals surface area contributed by atoms with Crippen LogP contribution in [0.5, 0.6) is 5.75 Å². The summed E-state index contributed by atoms with van der Waals surface area (Å²) < 4.78 is 5.36. The van der Waals surface area contributed by atoms with E-state index in [1.165, 1.54) is 28.5 Å². The number of carboxylic acid groups (broad SMARTS) is 1. The van der Waals surface area contributed by atoms with E-state index in [1.54, 1.807) is 0 Å². The zero-order valence-corrected chi connectivity index (χ0v) is 14.1. The van der Waals surface area contributed by atoms with Gasteiger partial charge < -0.3 is 15.2 Å². The van der Waals surface area contributed by atoms with Crippen LogP contribution in [0, 0.1) is 0 Å². The molecule has 0 aliphatic carbocycles. The van der Waals surface area contributed by atoms with Gasteiger partial charge in [0.05, 0.1) is 18.9 Å². The SMILES string of the molecule is CCOc1ccc(SCC(=O)NCc2nc(C(=O)O)cs2)cc1. The van der Waals surface area contributed by atoms with Crippen LogP contribution in [0.15, 0.2) is 34.5 Å². The lowest BCUT2D eigenvalue weighted by Gasteiger charge is -2.05. The normalized spacial score (nSPS) is 10.3. The molecule has 0 spiro atoms. The minimum Gasteiger partial charge on any atom is -0.494 e. The van der Waals surface area contributed by atoms with E-state index in [9.17, 15) is 9.59 Å². The molecule has 2 aromatic rings. The van der Waals surface area contributed by atoms with Crippen LogP contribution in [0.4, 0.5) is 0 Å². The third-order valence-corrected chi connectivity index (χ3v) is 4.57. The minimum atomic E-state index is -1.06. The summed E-state index contributed by atoms with van der Waals surface area (Å²) in [7, 11) is 0. The molecule has 0 saturated heterocycles. The summed E-state index contributed by atoms with van der Waals surface area (Å²) in [6.07, 6.45) is 0. The molecule has 0 unspecified atom stereocenters. The quantitative estimate of drug-likeness (QED) is 0.710. The van der Waals surface area contributed by atoms with Crippen molar-refractivity contribution in [1.29, 1.82) is 0 Å². The largest absolute Gasteiger partial charge is 0.494 e. The van der Waals surface area contributed by atoms with Crippen LogP contribution in [0.25, 0.3) is 0 Å². The molecule has 1 aromatic heterocycles. The fraction of sp³-hybridized carbons (Fsp3) is 0.267. The van der Waals surface area contributed by atoms with Crippen molar-refractivity contribution in [3.05, 3.63) is 40.3 Å². The summed E-state index contributed by atoms with van der Waals surface area (Å²) in [4.78, 5) is 27.4. The number of aromatic carboxylic acids is 1. The Balaban J connectivity index is 1.75. The molecule has 1 heterocycles. The van der Waals surface area contributed by atoms with Crippen LogP contribution in [-0.4, -0.2) is 34.3 Å². The predicted octanol–water partition coefficient (Wildman–Crippen LogP) is 2.65. The van der Waals surface area contributed by atoms with Gasteiger partial charge in [-0.15, -0.1) is 23.1 Å². The molecule has 0 fully saturated rings. The molecule has 2 N–H and O–H groups in total. The maximum absolute atomic E-state index is 11.8. The summed E-state index contributed by atoms with van der Waals surface area (Å²) in [5.74, 6) is -0.106. The minimum absolute atomic E-state index is 0.00279. The molecule has 1 aromatic carbocycles. The number of benzene rings is 1. The lowest BCUT2D eigenvalue weighted by atomic mass is 10.3. The van der Waals surface area contributed by atoms with Crippen LogP contribution >= 0.6 is 23.1 Å². The molecule has 0 atom stereocenters. The molecule has 0 saturated carbocycles. The van der Waals surface area contributed by atoms with Gasteiger partial charge in [0.25, 0.3) is 0 Å². The lowest BCUT2D eigenvalue weighted by molar-refractivity contribution is -0.118. The molecule has 23 heavy (non-hydrogen) atoms. The van der Waals surface area contributed by atoms with Crippen molar-refractivity contribution in [2.45, 2.75) is 18.4 Å². The Hall–Kier alpha value is -2.06. The number of amides is 1. The van der Waals surface area contributed by atoms with Gasteiger partial charge in [0.2, 0.25) is 5.91 Å². The number of hydrogen-bond acceptors (Lipinski definition) is 6. The standard InChI is InChI=1S/C15H16N2O4S2/c1-2-21-10-3-5-11(6-4-10)22-9-13(18)16-7-14-17-12(8-23-14)15(19)20/h3-6,8H,2,7,9H2,1H3,(H,16,18)(H,19,20). The Kier molecular flexibility index (Phi) is 6.42. The Morgan fingerprint density at radius 1 is 1.35 bits per heavy atom. The number of thiazole rings is 1. The highest BCUT2D eigenvalue weighted by atomic mass is 32.2. The van der Waals surface area contributed by atoms with Crippen molar-refractivity contribution >= 4 is 35.0 Å². The van der Waals surface area contributed by atoms with Gasteiger partial charge >= 0.3 is 5.97 Å². The highest BCUT2D eigenvalue weighted by Gasteiger charge is 2.09. The van der Waals surface area contributed by atoms with Crippen LogP contribution < -0.4 is 10.1 Å². The Bertz CT molecular complexity index is 670. The first-order valence-electron chi connectivity index (χ1n) is 6.88. The van der Waals surface area contributed by atoms with Gasteiger partial charge in [0.15, 0.2) is 5.69 Å². The molecule has 0 radical (unpaired) electrons. The van der Waals surface area contributed by atoms with Crippen LogP contribution in [-0.2, 0) is 11.3 Å². The summed E-state index contributed by atoms with van der Waals surface area (Å²) >= 11 is 2.64. The van der Waals surface area contributed by atoms with E-state index < -0.39 is 5.97 Å². The third kappa shape index (κ3) is 5.57. The number of carbonyl (C=O) groups excluding carboxylic acids is 1. The van der Waals surface area contributed by atoms with E-state index >= 15 is 0 Å². The monoisotopic (exact) mass is 352 g/mol. The highest BCUT2D eigenvalue weighted by Crippen LogP contribution is 2.21. The lowest BCUT2D eigenvalue weighted by Crippen LogP contribution is -2.24. The number of carbonyl (C=O) groups is 2. The maximum atomic E-state index is 11.8. The first kappa shape index (κ1) is 17.3. The first-order chi connectivity index (χ1) is 11.1. The Labute approximate surface area is 141 Å². The first-order valence-corrected chi connectivity index (χ1v) is 8.75. The molecule has 8 heteroatoms. The molecule has 0 aliphatic rings. The second kappa shape index (κ2) is 8.54. The molecule has 1 amide bonds. The number of carboxylic acids is 1. The van der Waals surface area contributed by atoms with Gasteiger partial charge in [-0.1, -0.05) is 0 Å². The summed E-state index contributed by atoms with van der Waals surface area (Å²) in [6, 6.07) is 7.55. The Morgan fingerprint density at radius 2 is 2.09 bits per heavy atom. The van der Waals surface area contributed by atoms with Gasteiger partial charge in [-0.05, 0) is 31.2 Å². The number of thioether (sulfide) groups is 1. The molecule has 0 bridgehead atoms. The van der Waals surface area contributed by atoms with E-state index in [2.05, 4.69) is 10.3 Å². The van der Waals surface area contributed by atoms with E-state index in [4.69, 9.17) is 9.84 Å². The van der Waals surface area contributed by atoms with E-state index in [0.717, 1.165) is 10.6 Å². The highest BCUT2D eigenvalue weighted by molar-refractivity contribution is 8.00. The van der Waals surface area contributed by atoms with Crippen molar-refractivity contribution in [3.8, 4) is 5.75 Å². The van der Waals surface area contributed by atoms with Crippen molar-refractivity contribution in [2.75, 3.05) is 12.4 Å². The van der Waals surface area contributed by atoms with Crippen LogP contribution in [0.1, 0.15) is 22.4 Å². The van der Waals surface area contributed by atoms with Crippen molar-refractivity contribution in [2.24, 2.45) is 0 Å². The predicted molar refractivity (Wildman–Crippen MR) is 89.3 cm³/mol. The number of nitrogens with zero attached hydrogens (tertiary/aromatic N) is 1. The second-order valence-electron chi connectivity index (χ2n) is 4.40. The topological polar surface area (TPSA) is 88.5 Å². The fourth-order valence-electron chi connectivity index (χ4n) is 1.66. The average molecular weight is 352 g/mol. The number of rotatable bonds is 8. The van der Waals surface area contributed by atoms with Crippen molar-refractivity contribution in [3.63, 3.8) is 0 Å². The van der Waals surface area contributed by atoms with Gasteiger partial charge in [-0.2, -0.15) is 0 Å². The molecule has 6 nitrogen and oxygen atoms in total. The van der Waals surface area contributed by atoms with Crippen LogP contribution in [0.3, 0.4) is 0 Å². The van der Waals surface area contributed by atoms with Gasteiger partial charge in [-0.3, -0.25) is 4.79 Å². The van der Waals surface area contributed by atoms with E-state index in [0.29, 0.717) is 11.6 Å². The second-order valence-corrected chi connectivity index (χ2v) is 6.39. The van der Waals surface area contributed by atoms with Crippen molar-refractivity contribution in [1.82, 2.24) is 10.3 Å². The maximum Gasteiger partial charge on any atom is 0.355 e. The molecule has 2 rings (SSSR count). The Morgan fingerprint density at radius 3 is 2.70 bits per heavy atom. The van der Waals surface area contributed by atoms with Gasteiger partial charge in [-0.25, -0.2) is 9.78 Å². The number of hydrogen-bond donors (Lipinski definition) is 2. The van der Waals surface area contributed by atoms with E-state index in [-0.39, 0.29) is 23.9 Å². The van der Waals surface area contributed by atoms with E-state index in [1.807, 2.05) is 31.2 Å². The molecule has 0 aliphatic heterocycles. The molecular weight excluding hydrogens is 336 g/mol. The average Bonchev–Trinajstić information content (AvgIpc) is 3.02. The smallest absolute Gasteiger partial charge is 0.355 e. The zero-order chi connectivity index (χ0) is 16.7.